The van der Waals surface area contributed by atoms with Gasteiger partial charge >= 0.3 is 0 Å². The second kappa shape index (κ2) is 4.28. The fourth-order valence-corrected chi connectivity index (χ4v) is 1.82. The molecule has 0 heterocycles. The number of ether oxygens (including phenoxy) is 1. The largest absolute Gasteiger partial charge is 0.496 e. The monoisotopic (exact) mass is 220 g/mol. The summed E-state index contributed by atoms with van der Waals surface area (Å²) >= 11 is 0. The van der Waals surface area contributed by atoms with Crippen LogP contribution in [0.1, 0.15) is 49.2 Å². The Kier molecular flexibility index (Phi) is 3.41. The van der Waals surface area contributed by atoms with Crippen LogP contribution in [0.2, 0.25) is 0 Å². The summed E-state index contributed by atoms with van der Waals surface area (Å²) in [7, 11) is 1.66. The molecule has 2 heteroatoms. The second-order valence-electron chi connectivity index (χ2n) is 5.17. The maximum atomic E-state index is 11.5. The van der Waals surface area contributed by atoms with Gasteiger partial charge in [-0.1, -0.05) is 20.8 Å². The molecule has 1 aromatic carbocycles. The van der Waals surface area contributed by atoms with E-state index >= 15 is 0 Å². The molecule has 0 bridgehead atoms. The van der Waals surface area contributed by atoms with Crippen LogP contribution in [-0.4, -0.2) is 12.9 Å². The smallest absolute Gasteiger partial charge is 0.160 e. The average molecular weight is 220 g/mol. The van der Waals surface area contributed by atoms with Gasteiger partial charge < -0.3 is 4.74 Å². The molecule has 0 saturated carbocycles. The van der Waals surface area contributed by atoms with Crippen LogP contribution in [0.4, 0.5) is 0 Å². The van der Waals surface area contributed by atoms with Gasteiger partial charge in [-0.15, -0.1) is 0 Å². The molecule has 88 valence electrons. The molecule has 1 aromatic rings. The van der Waals surface area contributed by atoms with Crippen molar-refractivity contribution in [3.63, 3.8) is 0 Å². The summed E-state index contributed by atoms with van der Waals surface area (Å²) in [5, 5.41) is 0. The standard InChI is InChI=1S/C14H20O2/c1-9-7-13(16-6)12(14(3,4)5)8-11(9)10(2)15/h7-8H,1-6H3. The zero-order valence-corrected chi connectivity index (χ0v) is 11.0. The van der Waals surface area contributed by atoms with Crippen LogP contribution in [-0.2, 0) is 5.41 Å². The van der Waals surface area contributed by atoms with Crippen LogP contribution in [0.3, 0.4) is 0 Å². The highest BCUT2D eigenvalue weighted by atomic mass is 16.5. The minimum absolute atomic E-state index is 0.0246. The molecule has 0 aliphatic carbocycles. The van der Waals surface area contributed by atoms with Gasteiger partial charge in [0, 0.05) is 11.1 Å². The van der Waals surface area contributed by atoms with E-state index in [0.29, 0.717) is 0 Å². The molecule has 0 saturated heterocycles. The molecule has 0 aliphatic rings. The molecule has 0 aromatic heterocycles. The summed E-state index contributed by atoms with van der Waals surface area (Å²) in [5.41, 5.74) is 2.80. The number of aryl methyl sites for hydroxylation is 1. The van der Waals surface area contributed by atoms with E-state index in [9.17, 15) is 4.79 Å². The number of hydrogen-bond acceptors (Lipinski definition) is 2. The average Bonchev–Trinajstić information content (AvgIpc) is 2.14. The molecule has 0 aliphatic heterocycles. The molecule has 0 amide bonds. The Hall–Kier alpha value is -1.31. The maximum Gasteiger partial charge on any atom is 0.160 e. The van der Waals surface area contributed by atoms with Gasteiger partial charge in [0.15, 0.2) is 5.78 Å². The summed E-state index contributed by atoms with van der Waals surface area (Å²) in [6.07, 6.45) is 0. The minimum atomic E-state index is -0.0246. The van der Waals surface area contributed by atoms with Crippen molar-refractivity contribution in [2.75, 3.05) is 7.11 Å². The van der Waals surface area contributed by atoms with E-state index in [0.717, 1.165) is 22.4 Å². The lowest BCUT2D eigenvalue weighted by molar-refractivity contribution is 0.101. The van der Waals surface area contributed by atoms with Crippen LogP contribution in [0.5, 0.6) is 5.75 Å². The first-order chi connectivity index (χ1) is 7.27. The summed E-state index contributed by atoms with van der Waals surface area (Å²) in [6.45, 7) is 9.88. The van der Waals surface area contributed by atoms with E-state index in [4.69, 9.17) is 4.74 Å². The highest BCUT2D eigenvalue weighted by Crippen LogP contribution is 2.33. The topological polar surface area (TPSA) is 26.3 Å². The van der Waals surface area contributed by atoms with E-state index < -0.39 is 0 Å². The van der Waals surface area contributed by atoms with Gasteiger partial charge in [0.1, 0.15) is 5.75 Å². The van der Waals surface area contributed by atoms with Crippen molar-refractivity contribution >= 4 is 5.78 Å². The van der Waals surface area contributed by atoms with E-state index in [1.807, 2.05) is 19.1 Å². The third kappa shape index (κ3) is 2.43. The number of ketones is 1. The molecular formula is C14H20O2. The number of hydrogen-bond donors (Lipinski definition) is 0. The normalized spacial score (nSPS) is 11.4. The third-order valence-electron chi connectivity index (χ3n) is 2.73. The maximum absolute atomic E-state index is 11.5. The number of benzene rings is 1. The van der Waals surface area contributed by atoms with Gasteiger partial charge in [0.25, 0.3) is 0 Å². The van der Waals surface area contributed by atoms with Gasteiger partial charge in [-0.2, -0.15) is 0 Å². The van der Waals surface area contributed by atoms with Gasteiger partial charge in [-0.3, -0.25) is 4.79 Å². The fourth-order valence-electron chi connectivity index (χ4n) is 1.82. The SMILES string of the molecule is COc1cc(C)c(C(C)=O)cc1C(C)(C)C. The first kappa shape index (κ1) is 12.8. The van der Waals surface area contributed by atoms with E-state index in [-0.39, 0.29) is 11.2 Å². The van der Waals surface area contributed by atoms with Crippen LogP contribution >= 0.6 is 0 Å². The number of methoxy groups -OCH3 is 1. The van der Waals surface area contributed by atoms with Crippen molar-refractivity contribution < 1.29 is 9.53 Å². The second-order valence-corrected chi connectivity index (χ2v) is 5.17. The van der Waals surface area contributed by atoms with Crippen molar-refractivity contribution in [3.05, 3.63) is 28.8 Å². The van der Waals surface area contributed by atoms with Crippen molar-refractivity contribution in [2.45, 2.75) is 40.0 Å². The lowest BCUT2D eigenvalue weighted by Gasteiger charge is -2.23. The molecule has 0 spiro atoms. The first-order valence-corrected chi connectivity index (χ1v) is 5.47. The first-order valence-electron chi connectivity index (χ1n) is 5.47. The van der Waals surface area contributed by atoms with Crippen molar-refractivity contribution in [1.82, 2.24) is 0 Å². The Labute approximate surface area is 97.6 Å². The Bertz CT molecular complexity index is 411. The van der Waals surface area contributed by atoms with Crippen LogP contribution < -0.4 is 4.74 Å². The lowest BCUT2D eigenvalue weighted by Crippen LogP contribution is -2.14. The van der Waals surface area contributed by atoms with Crippen LogP contribution in [0.15, 0.2) is 12.1 Å². The molecule has 0 radical (unpaired) electrons. The van der Waals surface area contributed by atoms with Gasteiger partial charge in [0.2, 0.25) is 0 Å². The minimum Gasteiger partial charge on any atom is -0.496 e. The van der Waals surface area contributed by atoms with Crippen molar-refractivity contribution in [3.8, 4) is 5.75 Å². The highest BCUT2D eigenvalue weighted by molar-refractivity contribution is 5.96. The summed E-state index contributed by atoms with van der Waals surface area (Å²) < 4.78 is 5.38. The Morgan fingerprint density at radius 2 is 1.81 bits per heavy atom. The predicted octanol–water partition coefficient (Wildman–Crippen LogP) is 3.50. The Balaban J connectivity index is 3.47. The number of Topliss-reactive ketones (excluding diaryl/α,β-unsaturated/α-hetero) is 1. The molecule has 2 nitrogen and oxygen atoms in total. The van der Waals surface area contributed by atoms with Gasteiger partial charge in [0.05, 0.1) is 7.11 Å². The van der Waals surface area contributed by atoms with Crippen molar-refractivity contribution in [1.29, 1.82) is 0 Å². The molecular weight excluding hydrogens is 200 g/mol. The number of carbonyl (C=O) groups is 1. The predicted molar refractivity (Wildman–Crippen MR) is 66.4 cm³/mol. The van der Waals surface area contributed by atoms with E-state index in [1.54, 1.807) is 14.0 Å². The lowest BCUT2D eigenvalue weighted by atomic mass is 9.84. The Morgan fingerprint density at radius 1 is 1.25 bits per heavy atom. The summed E-state index contributed by atoms with van der Waals surface area (Å²) in [6, 6.07) is 3.90. The molecule has 16 heavy (non-hydrogen) atoms. The molecule has 0 unspecified atom stereocenters. The molecule has 1 rings (SSSR count). The molecule has 0 atom stereocenters. The zero-order chi connectivity index (χ0) is 12.5. The zero-order valence-electron chi connectivity index (χ0n) is 11.0. The molecule has 0 fully saturated rings. The molecule has 0 N–H and O–H groups in total. The van der Waals surface area contributed by atoms with E-state index in [1.165, 1.54) is 0 Å². The van der Waals surface area contributed by atoms with Gasteiger partial charge in [-0.25, -0.2) is 0 Å². The third-order valence-corrected chi connectivity index (χ3v) is 2.73. The van der Waals surface area contributed by atoms with Crippen LogP contribution in [0, 0.1) is 6.92 Å². The highest BCUT2D eigenvalue weighted by Gasteiger charge is 2.21. The number of rotatable bonds is 2. The van der Waals surface area contributed by atoms with Crippen molar-refractivity contribution in [2.24, 2.45) is 0 Å². The Morgan fingerprint density at radius 3 is 2.19 bits per heavy atom. The van der Waals surface area contributed by atoms with Gasteiger partial charge in [-0.05, 0) is 37.0 Å². The van der Waals surface area contributed by atoms with Crippen LogP contribution in [0.25, 0.3) is 0 Å². The summed E-state index contributed by atoms with van der Waals surface area (Å²) in [4.78, 5) is 11.5. The fraction of sp³-hybridized carbons (Fsp3) is 0.500. The summed E-state index contributed by atoms with van der Waals surface area (Å²) in [5.74, 6) is 0.959. The van der Waals surface area contributed by atoms with E-state index in [2.05, 4.69) is 20.8 Å². The number of carbonyl (C=O) groups excluding carboxylic acids is 1. The quantitative estimate of drug-likeness (QED) is 0.713.